The van der Waals surface area contributed by atoms with E-state index >= 15 is 0 Å². The predicted molar refractivity (Wildman–Crippen MR) is 68.4 cm³/mol. The molecule has 19 heavy (non-hydrogen) atoms. The van der Waals surface area contributed by atoms with Crippen molar-refractivity contribution >= 4 is 11.6 Å². The van der Waals surface area contributed by atoms with Crippen molar-refractivity contribution in [2.45, 2.75) is 19.9 Å². The topological polar surface area (TPSA) is 90.7 Å². The monoisotopic (exact) mass is 268 g/mol. The molecule has 0 atom stereocenters. The number of carbonyl (C=O) groups is 1. The standard InChI is InChI=1S/C12H16N2O5/c1-8(2)13-12(15)7-19-11-6-9(14(16)17)4-5-10(11)18-3/h4-6,8H,7H2,1-3H3,(H,13,15). The molecule has 0 fully saturated rings. The maximum Gasteiger partial charge on any atom is 0.273 e. The smallest absolute Gasteiger partial charge is 0.273 e. The van der Waals surface area contributed by atoms with Gasteiger partial charge in [-0.25, -0.2) is 0 Å². The van der Waals surface area contributed by atoms with Crippen molar-refractivity contribution in [2.24, 2.45) is 0 Å². The summed E-state index contributed by atoms with van der Waals surface area (Å²) in [6.45, 7) is 3.42. The summed E-state index contributed by atoms with van der Waals surface area (Å²) < 4.78 is 10.3. The van der Waals surface area contributed by atoms with Crippen LogP contribution in [0.25, 0.3) is 0 Å². The van der Waals surface area contributed by atoms with Gasteiger partial charge >= 0.3 is 0 Å². The summed E-state index contributed by atoms with van der Waals surface area (Å²) >= 11 is 0. The Morgan fingerprint density at radius 2 is 2.11 bits per heavy atom. The summed E-state index contributed by atoms with van der Waals surface area (Å²) in [5.74, 6) is 0.196. The molecule has 1 aromatic rings. The van der Waals surface area contributed by atoms with Crippen molar-refractivity contribution < 1.29 is 19.2 Å². The number of hydrogen-bond donors (Lipinski definition) is 1. The van der Waals surface area contributed by atoms with E-state index in [1.165, 1.54) is 25.3 Å². The fourth-order valence-electron chi connectivity index (χ4n) is 1.40. The van der Waals surface area contributed by atoms with E-state index < -0.39 is 4.92 Å². The van der Waals surface area contributed by atoms with Gasteiger partial charge in [-0.2, -0.15) is 0 Å². The molecule has 1 amide bonds. The van der Waals surface area contributed by atoms with E-state index in [9.17, 15) is 14.9 Å². The lowest BCUT2D eigenvalue weighted by atomic mass is 10.3. The molecule has 1 rings (SSSR count). The molecule has 7 nitrogen and oxygen atoms in total. The normalized spacial score (nSPS) is 10.1. The number of carbonyl (C=O) groups excluding carboxylic acids is 1. The molecular formula is C12H16N2O5. The van der Waals surface area contributed by atoms with Gasteiger partial charge < -0.3 is 14.8 Å². The van der Waals surface area contributed by atoms with Crippen molar-refractivity contribution in [1.29, 1.82) is 0 Å². The Hall–Kier alpha value is -2.31. The first-order chi connectivity index (χ1) is 8.93. The number of nitro groups is 1. The van der Waals surface area contributed by atoms with E-state index in [0.717, 1.165) is 0 Å². The highest BCUT2D eigenvalue weighted by molar-refractivity contribution is 5.77. The zero-order valence-corrected chi connectivity index (χ0v) is 11.0. The summed E-state index contributed by atoms with van der Waals surface area (Å²) in [6.07, 6.45) is 0. The van der Waals surface area contributed by atoms with Crippen LogP contribution in [-0.2, 0) is 4.79 Å². The van der Waals surface area contributed by atoms with Crippen molar-refractivity contribution in [3.8, 4) is 11.5 Å². The van der Waals surface area contributed by atoms with Crippen LogP contribution in [0.5, 0.6) is 11.5 Å². The molecule has 0 saturated heterocycles. The Morgan fingerprint density at radius 3 is 2.63 bits per heavy atom. The number of nitrogens with zero attached hydrogens (tertiary/aromatic N) is 1. The van der Waals surface area contributed by atoms with Gasteiger partial charge in [-0.05, 0) is 19.9 Å². The van der Waals surface area contributed by atoms with Gasteiger partial charge in [0.2, 0.25) is 0 Å². The number of rotatable bonds is 6. The molecule has 0 aromatic heterocycles. The van der Waals surface area contributed by atoms with Crippen LogP contribution in [0.4, 0.5) is 5.69 Å². The molecule has 1 N–H and O–H groups in total. The van der Waals surface area contributed by atoms with Crippen LogP contribution >= 0.6 is 0 Å². The minimum atomic E-state index is -0.541. The second-order valence-corrected chi connectivity index (χ2v) is 4.10. The van der Waals surface area contributed by atoms with Gasteiger partial charge in [0.1, 0.15) is 0 Å². The summed E-state index contributed by atoms with van der Waals surface area (Å²) in [7, 11) is 1.42. The summed E-state index contributed by atoms with van der Waals surface area (Å²) in [6, 6.07) is 3.96. The molecule has 0 spiro atoms. The third-order valence-corrected chi connectivity index (χ3v) is 2.17. The number of non-ortho nitro benzene ring substituents is 1. The van der Waals surface area contributed by atoms with E-state index in [4.69, 9.17) is 9.47 Å². The molecule has 0 unspecified atom stereocenters. The Labute approximate surface area is 110 Å². The average molecular weight is 268 g/mol. The van der Waals surface area contributed by atoms with Crippen molar-refractivity contribution in [3.63, 3.8) is 0 Å². The van der Waals surface area contributed by atoms with Gasteiger partial charge in [-0.3, -0.25) is 14.9 Å². The lowest BCUT2D eigenvalue weighted by Gasteiger charge is -2.11. The Balaban J connectivity index is 2.78. The zero-order valence-electron chi connectivity index (χ0n) is 11.0. The van der Waals surface area contributed by atoms with Gasteiger partial charge in [-0.15, -0.1) is 0 Å². The minimum absolute atomic E-state index is 0.00288. The Kier molecular flexibility index (Phi) is 5.11. The molecule has 0 bridgehead atoms. The quantitative estimate of drug-likeness (QED) is 0.623. The maximum absolute atomic E-state index is 11.4. The number of benzene rings is 1. The third kappa shape index (κ3) is 4.46. The third-order valence-electron chi connectivity index (χ3n) is 2.17. The predicted octanol–water partition coefficient (Wildman–Crippen LogP) is 1.51. The lowest BCUT2D eigenvalue weighted by Crippen LogP contribution is -2.34. The first-order valence-corrected chi connectivity index (χ1v) is 5.68. The number of nitrogens with one attached hydrogen (secondary N) is 1. The second kappa shape index (κ2) is 6.58. The molecule has 0 aliphatic carbocycles. The lowest BCUT2D eigenvalue weighted by molar-refractivity contribution is -0.385. The van der Waals surface area contributed by atoms with Gasteiger partial charge in [0.15, 0.2) is 18.1 Å². The molecule has 7 heteroatoms. The summed E-state index contributed by atoms with van der Waals surface area (Å²) in [4.78, 5) is 21.6. The molecule has 104 valence electrons. The van der Waals surface area contributed by atoms with Crippen LogP contribution in [0, 0.1) is 10.1 Å². The fraction of sp³-hybridized carbons (Fsp3) is 0.417. The van der Waals surface area contributed by atoms with E-state index in [2.05, 4.69) is 5.32 Å². The largest absolute Gasteiger partial charge is 0.493 e. The molecule has 0 aliphatic rings. The van der Waals surface area contributed by atoms with Gasteiger partial charge in [0.25, 0.3) is 11.6 Å². The summed E-state index contributed by atoms with van der Waals surface area (Å²) in [5.41, 5.74) is -0.125. The Bertz CT molecular complexity index is 473. The van der Waals surface area contributed by atoms with Crippen molar-refractivity contribution in [3.05, 3.63) is 28.3 Å². The molecule has 0 radical (unpaired) electrons. The number of amides is 1. The van der Waals surface area contributed by atoms with E-state index in [1.807, 2.05) is 13.8 Å². The van der Waals surface area contributed by atoms with Crippen LogP contribution in [-0.4, -0.2) is 30.6 Å². The van der Waals surface area contributed by atoms with Crippen LogP contribution in [0.1, 0.15) is 13.8 Å². The van der Waals surface area contributed by atoms with Crippen LogP contribution in [0.3, 0.4) is 0 Å². The highest BCUT2D eigenvalue weighted by Gasteiger charge is 2.14. The minimum Gasteiger partial charge on any atom is -0.493 e. The number of nitro benzene ring substituents is 1. The van der Waals surface area contributed by atoms with E-state index in [-0.39, 0.29) is 30.0 Å². The summed E-state index contributed by atoms with van der Waals surface area (Å²) in [5, 5.41) is 13.3. The van der Waals surface area contributed by atoms with E-state index in [0.29, 0.717) is 5.75 Å². The van der Waals surface area contributed by atoms with Gasteiger partial charge in [-0.1, -0.05) is 0 Å². The van der Waals surface area contributed by atoms with E-state index in [1.54, 1.807) is 0 Å². The zero-order chi connectivity index (χ0) is 14.4. The second-order valence-electron chi connectivity index (χ2n) is 4.10. The number of hydrogen-bond acceptors (Lipinski definition) is 5. The molecule has 0 aliphatic heterocycles. The van der Waals surface area contributed by atoms with Gasteiger partial charge in [0.05, 0.1) is 18.1 Å². The van der Waals surface area contributed by atoms with Crippen LogP contribution in [0.15, 0.2) is 18.2 Å². The molecule has 0 heterocycles. The SMILES string of the molecule is COc1ccc([N+](=O)[O-])cc1OCC(=O)NC(C)C. The Morgan fingerprint density at radius 1 is 1.42 bits per heavy atom. The number of methoxy groups -OCH3 is 1. The highest BCUT2D eigenvalue weighted by Crippen LogP contribution is 2.30. The maximum atomic E-state index is 11.4. The first-order valence-electron chi connectivity index (χ1n) is 5.68. The highest BCUT2D eigenvalue weighted by atomic mass is 16.6. The molecule has 0 saturated carbocycles. The van der Waals surface area contributed by atoms with Crippen molar-refractivity contribution in [2.75, 3.05) is 13.7 Å². The van der Waals surface area contributed by atoms with Crippen molar-refractivity contribution in [1.82, 2.24) is 5.32 Å². The number of ether oxygens (including phenoxy) is 2. The average Bonchev–Trinajstić information content (AvgIpc) is 2.35. The fourth-order valence-corrected chi connectivity index (χ4v) is 1.40. The molecular weight excluding hydrogens is 252 g/mol. The van der Waals surface area contributed by atoms with Crippen LogP contribution < -0.4 is 14.8 Å². The first kappa shape index (κ1) is 14.7. The van der Waals surface area contributed by atoms with Crippen LogP contribution in [0.2, 0.25) is 0 Å². The van der Waals surface area contributed by atoms with Gasteiger partial charge in [0, 0.05) is 12.1 Å². The molecule has 1 aromatic carbocycles.